The molecule has 0 aromatic carbocycles. The van der Waals surface area contributed by atoms with Gasteiger partial charge in [0.15, 0.2) is 5.65 Å². The summed E-state index contributed by atoms with van der Waals surface area (Å²) in [7, 11) is 1.33. The molecular weight excluding hydrogens is 262 g/mol. The summed E-state index contributed by atoms with van der Waals surface area (Å²) in [6.45, 7) is 0. The normalized spacial score (nSPS) is 10.8. The number of esters is 1. The molecule has 5 nitrogen and oxygen atoms in total. The van der Waals surface area contributed by atoms with E-state index in [0.717, 1.165) is 5.82 Å². The van der Waals surface area contributed by atoms with Gasteiger partial charge < -0.3 is 4.74 Å². The Hall–Kier alpha value is -1.27. The van der Waals surface area contributed by atoms with Crippen molar-refractivity contribution in [1.29, 1.82) is 0 Å². The summed E-state index contributed by atoms with van der Waals surface area (Å²) in [5.41, 5.74) is 0.926. The first-order chi connectivity index (χ1) is 8.17. The van der Waals surface area contributed by atoms with Crippen LogP contribution in [0.1, 0.15) is 16.2 Å². The number of aromatic nitrogens is 3. The molecule has 0 fully saturated rings. The van der Waals surface area contributed by atoms with Crippen LogP contribution < -0.4 is 0 Å². The molecule has 0 amide bonds. The van der Waals surface area contributed by atoms with Gasteiger partial charge >= 0.3 is 5.97 Å². The van der Waals surface area contributed by atoms with Crippen LogP contribution in [0.15, 0.2) is 12.3 Å². The quantitative estimate of drug-likeness (QED) is 0.800. The number of carbonyl (C=O) groups excluding carboxylic acids is 1. The van der Waals surface area contributed by atoms with Crippen LogP contribution in [0.5, 0.6) is 0 Å². The van der Waals surface area contributed by atoms with E-state index < -0.39 is 5.97 Å². The van der Waals surface area contributed by atoms with Crippen molar-refractivity contribution in [2.45, 2.75) is 5.75 Å². The Labute approximate surface area is 107 Å². The fourth-order valence-electron chi connectivity index (χ4n) is 1.46. The maximum absolute atomic E-state index is 11.5. The lowest BCUT2D eigenvalue weighted by Gasteiger charge is -2.03. The van der Waals surface area contributed by atoms with Gasteiger partial charge in [0.25, 0.3) is 0 Å². The lowest BCUT2D eigenvalue weighted by Crippen LogP contribution is -2.04. The molecule has 0 spiro atoms. The van der Waals surface area contributed by atoms with E-state index in [1.807, 2.05) is 6.26 Å². The van der Waals surface area contributed by atoms with Crippen molar-refractivity contribution in [3.63, 3.8) is 0 Å². The lowest BCUT2D eigenvalue weighted by atomic mass is 10.3. The van der Waals surface area contributed by atoms with Gasteiger partial charge in [0.05, 0.1) is 23.4 Å². The average molecular weight is 272 g/mol. The molecule has 0 saturated carbocycles. The van der Waals surface area contributed by atoms with Gasteiger partial charge in [0.2, 0.25) is 0 Å². The molecule has 2 heterocycles. The maximum atomic E-state index is 11.5. The molecule has 7 heteroatoms. The van der Waals surface area contributed by atoms with Crippen LogP contribution in [0.25, 0.3) is 5.65 Å². The molecule has 17 heavy (non-hydrogen) atoms. The zero-order valence-electron chi connectivity index (χ0n) is 9.31. The highest BCUT2D eigenvalue weighted by atomic mass is 35.5. The van der Waals surface area contributed by atoms with Crippen molar-refractivity contribution in [2.75, 3.05) is 13.4 Å². The van der Waals surface area contributed by atoms with Crippen LogP contribution in [0, 0.1) is 0 Å². The second-order valence-electron chi connectivity index (χ2n) is 3.31. The highest BCUT2D eigenvalue weighted by Crippen LogP contribution is 2.20. The smallest absolute Gasteiger partial charge is 0.339 e. The summed E-state index contributed by atoms with van der Waals surface area (Å²) in [6.07, 6.45) is 3.60. The highest BCUT2D eigenvalue weighted by molar-refractivity contribution is 7.97. The zero-order valence-corrected chi connectivity index (χ0v) is 10.9. The van der Waals surface area contributed by atoms with E-state index in [0.29, 0.717) is 22.0 Å². The summed E-state index contributed by atoms with van der Waals surface area (Å²) in [6, 6.07) is 1.53. The summed E-state index contributed by atoms with van der Waals surface area (Å²) >= 11 is 7.66. The zero-order chi connectivity index (χ0) is 12.4. The average Bonchev–Trinajstić information content (AvgIpc) is 2.72. The minimum Gasteiger partial charge on any atom is -0.465 e. The Bertz CT molecular complexity index is 570. The van der Waals surface area contributed by atoms with E-state index in [4.69, 9.17) is 11.6 Å². The first kappa shape index (κ1) is 12.2. The number of methoxy groups -OCH3 is 1. The van der Waals surface area contributed by atoms with Gasteiger partial charge in [-0.25, -0.2) is 4.79 Å². The van der Waals surface area contributed by atoms with Crippen LogP contribution in [-0.2, 0) is 10.5 Å². The van der Waals surface area contributed by atoms with E-state index in [1.165, 1.54) is 13.2 Å². The molecule has 0 saturated heterocycles. The monoisotopic (exact) mass is 271 g/mol. The second-order valence-corrected chi connectivity index (χ2v) is 4.58. The molecule has 2 aromatic heterocycles. The Morgan fingerprint density at radius 2 is 2.35 bits per heavy atom. The summed E-state index contributed by atoms with van der Waals surface area (Å²) < 4.78 is 6.37. The predicted octanol–water partition coefficient (Wildman–Crippen LogP) is 2.03. The van der Waals surface area contributed by atoms with Crippen LogP contribution >= 0.6 is 23.4 Å². The largest absolute Gasteiger partial charge is 0.465 e. The van der Waals surface area contributed by atoms with Crippen LogP contribution in [0.4, 0.5) is 0 Å². The third-order valence-corrected chi connectivity index (χ3v) is 3.05. The molecule has 0 bridgehead atoms. The molecule has 2 rings (SSSR count). The number of rotatable bonds is 3. The minimum absolute atomic E-state index is 0.382. The van der Waals surface area contributed by atoms with Gasteiger partial charge in [0, 0.05) is 6.20 Å². The molecule has 0 radical (unpaired) electrons. The van der Waals surface area contributed by atoms with E-state index in [2.05, 4.69) is 14.9 Å². The molecule has 90 valence electrons. The first-order valence-electron chi connectivity index (χ1n) is 4.77. The van der Waals surface area contributed by atoms with Gasteiger partial charge in [-0.2, -0.15) is 11.8 Å². The molecule has 0 aliphatic rings. The Balaban J connectivity index is 2.60. The number of hydrogen-bond donors (Lipinski definition) is 0. The van der Waals surface area contributed by atoms with Gasteiger partial charge in [-0.15, -0.1) is 10.2 Å². The van der Waals surface area contributed by atoms with Crippen LogP contribution in [0.2, 0.25) is 5.02 Å². The number of pyridine rings is 1. The van der Waals surface area contributed by atoms with Gasteiger partial charge in [-0.3, -0.25) is 4.40 Å². The maximum Gasteiger partial charge on any atom is 0.339 e. The summed E-state index contributed by atoms with van der Waals surface area (Å²) in [5, 5.41) is 8.39. The van der Waals surface area contributed by atoms with Crippen molar-refractivity contribution >= 4 is 35.0 Å². The Morgan fingerprint density at radius 3 is 3.00 bits per heavy atom. The predicted molar refractivity (Wildman–Crippen MR) is 66.6 cm³/mol. The number of nitrogens with zero attached hydrogens (tertiary/aromatic N) is 3. The summed E-state index contributed by atoms with van der Waals surface area (Å²) in [4.78, 5) is 11.5. The topological polar surface area (TPSA) is 56.5 Å². The molecular formula is C10H10ClN3O2S. The molecule has 2 aromatic rings. The van der Waals surface area contributed by atoms with Crippen LogP contribution in [-0.4, -0.2) is 33.9 Å². The third kappa shape index (κ3) is 2.23. The highest BCUT2D eigenvalue weighted by Gasteiger charge is 2.13. The van der Waals surface area contributed by atoms with Crippen LogP contribution in [0.3, 0.4) is 0 Å². The number of carbonyl (C=O) groups is 1. The third-order valence-electron chi connectivity index (χ3n) is 2.22. The van der Waals surface area contributed by atoms with Crippen molar-refractivity contribution in [3.8, 4) is 0 Å². The fraction of sp³-hybridized carbons (Fsp3) is 0.300. The van der Waals surface area contributed by atoms with Crippen molar-refractivity contribution in [2.24, 2.45) is 0 Å². The number of hydrogen-bond acceptors (Lipinski definition) is 5. The van der Waals surface area contributed by atoms with E-state index in [9.17, 15) is 4.79 Å². The molecule has 0 aliphatic carbocycles. The Morgan fingerprint density at radius 1 is 1.59 bits per heavy atom. The van der Waals surface area contributed by atoms with Gasteiger partial charge in [-0.05, 0) is 12.3 Å². The van der Waals surface area contributed by atoms with E-state index in [1.54, 1.807) is 22.4 Å². The molecule has 0 N–H and O–H groups in total. The Kier molecular flexibility index (Phi) is 3.54. The first-order valence-corrected chi connectivity index (χ1v) is 6.55. The van der Waals surface area contributed by atoms with Gasteiger partial charge in [0.1, 0.15) is 5.82 Å². The number of ether oxygens (including phenoxy) is 1. The molecule has 0 aliphatic heterocycles. The van der Waals surface area contributed by atoms with Gasteiger partial charge in [-0.1, -0.05) is 11.6 Å². The fourth-order valence-corrected chi connectivity index (χ4v) is 2.16. The van der Waals surface area contributed by atoms with E-state index in [-0.39, 0.29) is 0 Å². The van der Waals surface area contributed by atoms with E-state index >= 15 is 0 Å². The number of fused-ring (bicyclic) bond motifs is 1. The molecule has 0 unspecified atom stereocenters. The molecule has 0 atom stereocenters. The SMILES string of the molecule is COC(=O)c1cc(Cl)c2nnc(CSC)n2c1. The van der Waals surface area contributed by atoms with Crippen molar-refractivity contribution in [3.05, 3.63) is 28.7 Å². The number of thioether (sulfide) groups is 1. The van der Waals surface area contributed by atoms with Crippen molar-refractivity contribution < 1.29 is 9.53 Å². The minimum atomic E-state index is -0.433. The summed E-state index contributed by atoms with van der Waals surface area (Å²) in [5.74, 6) is 1.01. The van der Waals surface area contributed by atoms with Crippen molar-refractivity contribution in [1.82, 2.24) is 14.6 Å². The second kappa shape index (κ2) is 4.93. The number of halogens is 1. The standard InChI is InChI=1S/C10H10ClN3O2S/c1-16-10(15)6-3-7(11)9-13-12-8(5-17-2)14(9)4-6/h3-4H,5H2,1-2H3. The lowest BCUT2D eigenvalue weighted by molar-refractivity contribution is 0.0600.